The van der Waals surface area contributed by atoms with Crippen LogP contribution in [0.4, 0.5) is 5.69 Å². The van der Waals surface area contributed by atoms with Gasteiger partial charge in [-0.3, -0.25) is 4.79 Å². The molecule has 0 spiro atoms. The lowest BCUT2D eigenvalue weighted by molar-refractivity contribution is -0.124. The van der Waals surface area contributed by atoms with Crippen molar-refractivity contribution in [1.82, 2.24) is 4.72 Å². The number of carbonyl (C=O) groups is 1. The van der Waals surface area contributed by atoms with Gasteiger partial charge in [-0.05, 0) is 55.9 Å². The van der Waals surface area contributed by atoms with E-state index >= 15 is 0 Å². The SMILES string of the molecule is O=C(C1CCC1)N1CCc2cc(S(=O)(=O)NC3CCCCC3)ccc21. The summed E-state index contributed by atoms with van der Waals surface area (Å²) in [7, 11) is -3.48. The molecule has 0 atom stereocenters. The zero-order valence-electron chi connectivity index (χ0n) is 14.5. The molecule has 1 aromatic rings. The number of nitrogens with zero attached hydrogens (tertiary/aromatic N) is 1. The summed E-state index contributed by atoms with van der Waals surface area (Å²) in [6.07, 6.45) is 9.08. The molecule has 1 amide bonds. The van der Waals surface area contributed by atoms with Crippen molar-refractivity contribution in [1.29, 1.82) is 0 Å². The summed E-state index contributed by atoms with van der Waals surface area (Å²) in [6, 6.07) is 5.28. The van der Waals surface area contributed by atoms with E-state index in [4.69, 9.17) is 0 Å². The van der Waals surface area contributed by atoms with E-state index < -0.39 is 10.0 Å². The Balaban J connectivity index is 1.52. The largest absolute Gasteiger partial charge is 0.312 e. The first kappa shape index (κ1) is 17.0. The van der Waals surface area contributed by atoms with Crippen LogP contribution in [0.15, 0.2) is 23.1 Å². The van der Waals surface area contributed by atoms with Crippen molar-refractivity contribution in [3.8, 4) is 0 Å². The Morgan fingerprint density at radius 3 is 2.48 bits per heavy atom. The second-order valence-electron chi connectivity index (χ2n) is 7.61. The fourth-order valence-corrected chi connectivity index (χ4v) is 5.51. The summed E-state index contributed by atoms with van der Waals surface area (Å²) in [5.74, 6) is 0.378. The van der Waals surface area contributed by atoms with Crippen molar-refractivity contribution < 1.29 is 13.2 Å². The molecule has 2 fully saturated rings. The van der Waals surface area contributed by atoms with Gasteiger partial charge < -0.3 is 4.90 Å². The van der Waals surface area contributed by atoms with Crippen molar-refractivity contribution in [2.45, 2.75) is 68.7 Å². The third-order valence-electron chi connectivity index (χ3n) is 5.90. The van der Waals surface area contributed by atoms with Crippen molar-refractivity contribution >= 4 is 21.6 Å². The summed E-state index contributed by atoms with van der Waals surface area (Å²) in [6.45, 7) is 0.671. The van der Waals surface area contributed by atoms with Crippen LogP contribution in [0.25, 0.3) is 0 Å². The van der Waals surface area contributed by atoms with Gasteiger partial charge in [0.15, 0.2) is 0 Å². The number of fused-ring (bicyclic) bond motifs is 1. The minimum atomic E-state index is -3.48. The molecule has 3 aliphatic rings. The van der Waals surface area contributed by atoms with Gasteiger partial charge in [-0.2, -0.15) is 0 Å². The van der Waals surface area contributed by atoms with E-state index in [9.17, 15) is 13.2 Å². The van der Waals surface area contributed by atoms with Gasteiger partial charge >= 0.3 is 0 Å². The highest BCUT2D eigenvalue weighted by Crippen LogP contribution is 2.35. The molecule has 1 aromatic carbocycles. The summed E-state index contributed by atoms with van der Waals surface area (Å²) in [5.41, 5.74) is 1.87. The lowest BCUT2D eigenvalue weighted by Crippen LogP contribution is -2.37. The molecule has 0 bridgehead atoms. The number of hydrogen-bond acceptors (Lipinski definition) is 3. The molecule has 4 rings (SSSR count). The smallest absolute Gasteiger partial charge is 0.240 e. The Labute approximate surface area is 149 Å². The Kier molecular flexibility index (Phi) is 4.58. The normalized spacial score (nSPS) is 21.8. The standard InChI is InChI=1S/C19H26N2O3S/c22-19(14-5-4-6-14)21-12-11-15-13-17(9-10-18(15)21)25(23,24)20-16-7-2-1-3-8-16/h9-10,13-14,16,20H,1-8,11-12H2. The highest BCUT2D eigenvalue weighted by Gasteiger charge is 2.34. The highest BCUT2D eigenvalue weighted by atomic mass is 32.2. The average molecular weight is 362 g/mol. The van der Waals surface area contributed by atoms with E-state index in [-0.39, 0.29) is 17.9 Å². The Bertz CT molecular complexity index is 765. The summed E-state index contributed by atoms with van der Waals surface area (Å²) in [5, 5.41) is 0. The number of rotatable bonds is 4. The van der Waals surface area contributed by atoms with Crippen LogP contribution in [0.1, 0.15) is 56.9 Å². The lowest BCUT2D eigenvalue weighted by Gasteiger charge is -2.29. The second-order valence-corrected chi connectivity index (χ2v) is 9.33. The molecule has 1 aliphatic heterocycles. The summed E-state index contributed by atoms with van der Waals surface area (Å²) >= 11 is 0. The number of hydrogen-bond donors (Lipinski definition) is 1. The fraction of sp³-hybridized carbons (Fsp3) is 0.632. The minimum Gasteiger partial charge on any atom is -0.312 e. The van der Waals surface area contributed by atoms with Gasteiger partial charge in [0.05, 0.1) is 4.90 Å². The average Bonchev–Trinajstić information content (AvgIpc) is 2.97. The second kappa shape index (κ2) is 6.72. The molecular formula is C19H26N2O3S. The molecule has 136 valence electrons. The Morgan fingerprint density at radius 2 is 1.80 bits per heavy atom. The molecule has 5 nitrogen and oxygen atoms in total. The molecule has 1 heterocycles. The van der Waals surface area contributed by atoms with E-state index in [0.717, 1.165) is 62.6 Å². The number of carbonyl (C=O) groups excluding carboxylic acids is 1. The Hall–Kier alpha value is -1.40. The number of anilines is 1. The van der Waals surface area contributed by atoms with Crippen LogP contribution in [-0.2, 0) is 21.2 Å². The van der Waals surface area contributed by atoms with Crippen molar-refractivity contribution in [3.63, 3.8) is 0 Å². The number of sulfonamides is 1. The van der Waals surface area contributed by atoms with E-state index in [2.05, 4.69) is 4.72 Å². The maximum absolute atomic E-state index is 12.7. The van der Waals surface area contributed by atoms with Crippen LogP contribution in [-0.4, -0.2) is 26.9 Å². The Morgan fingerprint density at radius 1 is 1.04 bits per heavy atom. The van der Waals surface area contributed by atoms with Crippen molar-refractivity contribution in [2.75, 3.05) is 11.4 Å². The van der Waals surface area contributed by atoms with Crippen LogP contribution in [0.3, 0.4) is 0 Å². The zero-order chi connectivity index (χ0) is 17.4. The summed E-state index contributed by atoms with van der Waals surface area (Å²) in [4.78, 5) is 14.7. The predicted molar refractivity (Wildman–Crippen MR) is 97.0 cm³/mol. The molecule has 0 aromatic heterocycles. The molecule has 0 saturated heterocycles. The van der Waals surface area contributed by atoms with Gasteiger partial charge in [0.1, 0.15) is 0 Å². The highest BCUT2D eigenvalue weighted by molar-refractivity contribution is 7.89. The quantitative estimate of drug-likeness (QED) is 0.895. The third kappa shape index (κ3) is 3.34. The maximum atomic E-state index is 12.7. The van der Waals surface area contributed by atoms with Crippen LogP contribution in [0.2, 0.25) is 0 Å². The monoisotopic (exact) mass is 362 g/mol. The van der Waals surface area contributed by atoms with Gasteiger partial charge in [0.25, 0.3) is 0 Å². The van der Waals surface area contributed by atoms with Gasteiger partial charge in [-0.1, -0.05) is 25.7 Å². The maximum Gasteiger partial charge on any atom is 0.240 e. The van der Waals surface area contributed by atoms with Crippen molar-refractivity contribution in [2.24, 2.45) is 5.92 Å². The molecular weight excluding hydrogens is 336 g/mol. The molecule has 1 N–H and O–H groups in total. The topological polar surface area (TPSA) is 66.5 Å². The van der Waals surface area contributed by atoms with Crippen LogP contribution >= 0.6 is 0 Å². The molecule has 6 heteroatoms. The van der Waals surface area contributed by atoms with E-state index in [1.54, 1.807) is 12.1 Å². The summed E-state index contributed by atoms with van der Waals surface area (Å²) < 4.78 is 28.2. The van der Waals surface area contributed by atoms with Gasteiger partial charge in [0, 0.05) is 24.2 Å². The van der Waals surface area contributed by atoms with Crippen molar-refractivity contribution in [3.05, 3.63) is 23.8 Å². The number of nitrogens with one attached hydrogen (secondary N) is 1. The van der Waals surface area contributed by atoms with Gasteiger partial charge in [0.2, 0.25) is 15.9 Å². The van der Waals surface area contributed by atoms with Crippen LogP contribution < -0.4 is 9.62 Å². The number of benzene rings is 1. The fourth-order valence-electron chi connectivity index (χ4n) is 4.16. The van der Waals surface area contributed by atoms with E-state index in [1.807, 2.05) is 11.0 Å². The first-order valence-corrected chi connectivity index (χ1v) is 11.0. The van der Waals surface area contributed by atoms with E-state index in [0.29, 0.717) is 11.4 Å². The molecule has 2 saturated carbocycles. The molecule has 0 radical (unpaired) electrons. The minimum absolute atomic E-state index is 0.0590. The predicted octanol–water partition coefficient (Wildman–Crippen LogP) is 2.99. The molecule has 2 aliphatic carbocycles. The van der Waals surface area contributed by atoms with E-state index in [1.165, 1.54) is 6.42 Å². The first-order chi connectivity index (χ1) is 12.0. The van der Waals surface area contributed by atoms with Gasteiger partial charge in [-0.15, -0.1) is 0 Å². The van der Waals surface area contributed by atoms with Gasteiger partial charge in [-0.25, -0.2) is 13.1 Å². The lowest BCUT2D eigenvalue weighted by atomic mass is 9.84. The molecule has 25 heavy (non-hydrogen) atoms. The first-order valence-electron chi connectivity index (χ1n) is 9.51. The number of amides is 1. The third-order valence-corrected chi connectivity index (χ3v) is 7.42. The van der Waals surface area contributed by atoms with Crippen LogP contribution in [0, 0.1) is 5.92 Å². The molecule has 0 unspecified atom stereocenters. The zero-order valence-corrected chi connectivity index (χ0v) is 15.4. The van der Waals surface area contributed by atoms with Crippen LogP contribution in [0.5, 0.6) is 0 Å².